The van der Waals surface area contributed by atoms with Gasteiger partial charge in [-0.05, 0) is 26.0 Å². The maximum absolute atomic E-state index is 4.43. The molecule has 100 valence electrons. The van der Waals surface area contributed by atoms with E-state index in [1.165, 1.54) is 0 Å². The average Bonchev–Trinajstić information content (AvgIpc) is 2.92. The Bertz CT molecular complexity index is 720. The van der Waals surface area contributed by atoms with Crippen LogP contribution in [-0.2, 0) is 0 Å². The van der Waals surface area contributed by atoms with Crippen molar-refractivity contribution in [2.24, 2.45) is 0 Å². The van der Waals surface area contributed by atoms with Gasteiger partial charge >= 0.3 is 0 Å². The van der Waals surface area contributed by atoms with Crippen molar-refractivity contribution in [3.05, 3.63) is 54.0 Å². The van der Waals surface area contributed by atoms with E-state index in [-0.39, 0.29) is 0 Å². The maximum Gasteiger partial charge on any atom is 0.248 e. The molecule has 0 fully saturated rings. The van der Waals surface area contributed by atoms with Crippen molar-refractivity contribution in [3.63, 3.8) is 0 Å². The summed E-state index contributed by atoms with van der Waals surface area (Å²) < 4.78 is 1.79. The van der Waals surface area contributed by atoms with E-state index < -0.39 is 0 Å². The third-order valence-corrected chi connectivity index (χ3v) is 2.94. The van der Waals surface area contributed by atoms with E-state index in [0.29, 0.717) is 11.8 Å². The number of hydrogen-bond acceptors (Lipinski definition) is 5. The molecule has 6 heteroatoms. The van der Waals surface area contributed by atoms with Crippen LogP contribution in [0.25, 0.3) is 5.69 Å². The number of para-hydroxylation sites is 1. The number of rotatable bonds is 3. The van der Waals surface area contributed by atoms with E-state index in [9.17, 15) is 0 Å². The molecule has 2 aromatic heterocycles. The average molecular weight is 266 g/mol. The fourth-order valence-corrected chi connectivity index (χ4v) is 1.74. The van der Waals surface area contributed by atoms with Gasteiger partial charge in [0.05, 0.1) is 17.1 Å². The summed E-state index contributed by atoms with van der Waals surface area (Å²) in [4.78, 5) is 4.32. The molecule has 0 bridgehead atoms. The number of nitrogens with zero attached hydrogens (tertiary/aromatic N) is 5. The second-order valence-corrected chi connectivity index (χ2v) is 4.41. The smallest absolute Gasteiger partial charge is 0.248 e. The van der Waals surface area contributed by atoms with E-state index >= 15 is 0 Å². The zero-order chi connectivity index (χ0) is 13.9. The highest BCUT2D eigenvalue weighted by atomic mass is 15.3. The molecule has 0 spiro atoms. The van der Waals surface area contributed by atoms with Gasteiger partial charge in [0.15, 0.2) is 5.82 Å². The molecular formula is C14H14N6. The number of aryl methyl sites for hydroxylation is 2. The lowest BCUT2D eigenvalue weighted by atomic mass is 10.3. The Hall–Kier alpha value is -2.76. The first kappa shape index (κ1) is 12.3. The highest BCUT2D eigenvalue weighted by Gasteiger charge is 2.05. The van der Waals surface area contributed by atoms with Gasteiger partial charge in [0.2, 0.25) is 5.95 Å². The molecular weight excluding hydrogens is 252 g/mol. The normalized spacial score (nSPS) is 10.5. The lowest BCUT2D eigenvalue weighted by Crippen LogP contribution is -2.03. The molecule has 0 aliphatic rings. The van der Waals surface area contributed by atoms with Gasteiger partial charge in [-0.25, -0.2) is 9.67 Å². The van der Waals surface area contributed by atoms with E-state index in [1.54, 1.807) is 4.68 Å². The van der Waals surface area contributed by atoms with E-state index in [0.717, 1.165) is 17.1 Å². The standard InChI is InChI=1S/C14H14N6/c1-10-11(2)17-18-14(15-10)16-13-8-9-20(19-13)12-6-4-3-5-7-12/h3-9H,1-2H3,(H,15,16,18,19). The number of hydrogen-bond donors (Lipinski definition) is 1. The summed E-state index contributed by atoms with van der Waals surface area (Å²) in [7, 11) is 0. The van der Waals surface area contributed by atoms with Gasteiger partial charge in [-0.1, -0.05) is 18.2 Å². The van der Waals surface area contributed by atoms with E-state index in [2.05, 4.69) is 25.6 Å². The molecule has 0 aliphatic heterocycles. The van der Waals surface area contributed by atoms with E-state index in [4.69, 9.17) is 0 Å². The Labute approximate surface area is 116 Å². The first-order valence-electron chi connectivity index (χ1n) is 6.28. The van der Waals surface area contributed by atoms with Crippen LogP contribution in [0.2, 0.25) is 0 Å². The topological polar surface area (TPSA) is 68.5 Å². The van der Waals surface area contributed by atoms with Gasteiger partial charge in [-0.2, -0.15) is 10.2 Å². The zero-order valence-corrected chi connectivity index (χ0v) is 11.3. The van der Waals surface area contributed by atoms with Crippen LogP contribution in [0.4, 0.5) is 11.8 Å². The maximum atomic E-state index is 4.43. The van der Waals surface area contributed by atoms with Crippen molar-refractivity contribution in [3.8, 4) is 5.69 Å². The number of nitrogens with one attached hydrogen (secondary N) is 1. The molecule has 0 saturated carbocycles. The zero-order valence-electron chi connectivity index (χ0n) is 11.3. The van der Waals surface area contributed by atoms with Crippen LogP contribution in [0, 0.1) is 13.8 Å². The Morgan fingerprint density at radius 3 is 2.50 bits per heavy atom. The van der Waals surface area contributed by atoms with Gasteiger partial charge < -0.3 is 5.32 Å². The Kier molecular flexibility index (Phi) is 3.12. The molecule has 0 radical (unpaired) electrons. The van der Waals surface area contributed by atoms with Crippen molar-refractivity contribution < 1.29 is 0 Å². The van der Waals surface area contributed by atoms with Gasteiger partial charge in [0, 0.05) is 12.3 Å². The number of anilines is 2. The molecule has 3 rings (SSSR count). The minimum absolute atomic E-state index is 0.450. The third kappa shape index (κ3) is 2.49. The van der Waals surface area contributed by atoms with Crippen molar-refractivity contribution in [2.75, 3.05) is 5.32 Å². The Morgan fingerprint density at radius 1 is 0.950 bits per heavy atom. The lowest BCUT2D eigenvalue weighted by molar-refractivity contribution is 0.874. The largest absolute Gasteiger partial charge is 0.306 e. The molecule has 6 nitrogen and oxygen atoms in total. The van der Waals surface area contributed by atoms with Crippen LogP contribution in [0.15, 0.2) is 42.6 Å². The highest BCUT2D eigenvalue weighted by Crippen LogP contribution is 2.13. The van der Waals surface area contributed by atoms with Crippen LogP contribution >= 0.6 is 0 Å². The quantitative estimate of drug-likeness (QED) is 0.788. The monoisotopic (exact) mass is 266 g/mol. The predicted molar refractivity (Wildman–Crippen MR) is 76.1 cm³/mol. The minimum Gasteiger partial charge on any atom is -0.306 e. The molecule has 0 atom stereocenters. The van der Waals surface area contributed by atoms with Crippen LogP contribution in [0.5, 0.6) is 0 Å². The Morgan fingerprint density at radius 2 is 1.75 bits per heavy atom. The van der Waals surface area contributed by atoms with E-state index in [1.807, 2.05) is 56.4 Å². The summed E-state index contributed by atoms with van der Waals surface area (Å²) in [5.74, 6) is 1.13. The van der Waals surface area contributed by atoms with Crippen LogP contribution in [0.3, 0.4) is 0 Å². The predicted octanol–water partition coefficient (Wildman–Crippen LogP) is 2.42. The van der Waals surface area contributed by atoms with Crippen LogP contribution in [0.1, 0.15) is 11.4 Å². The van der Waals surface area contributed by atoms with Crippen LogP contribution < -0.4 is 5.32 Å². The van der Waals surface area contributed by atoms with Gasteiger partial charge in [0.1, 0.15) is 0 Å². The highest BCUT2D eigenvalue weighted by molar-refractivity contribution is 5.47. The molecule has 3 aromatic rings. The fraction of sp³-hybridized carbons (Fsp3) is 0.143. The SMILES string of the molecule is Cc1nnc(Nc2ccn(-c3ccccc3)n2)nc1C. The first-order valence-corrected chi connectivity index (χ1v) is 6.28. The molecule has 0 saturated heterocycles. The molecule has 1 N–H and O–H groups in total. The summed E-state index contributed by atoms with van der Waals surface area (Å²) in [5.41, 5.74) is 2.68. The van der Waals surface area contributed by atoms with Gasteiger partial charge in [-0.15, -0.1) is 5.10 Å². The third-order valence-electron chi connectivity index (χ3n) is 2.94. The van der Waals surface area contributed by atoms with Crippen LogP contribution in [-0.4, -0.2) is 25.0 Å². The number of benzene rings is 1. The second kappa shape index (κ2) is 5.08. The fourth-order valence-electron chi connectivity index (χ4n) is 1.74. The lowest BCUT2D eigenvalue weighted by Gasteiger charge is -2.03. The molecule has 20 heavy (non-hydrogen) atoms. The summed E-state index contributed by atoms with van der Waals surface area (Å²) in [6, 6.07) is 11.8. The first-order chi connectivity index (χ1) is 9.72. The molecule has 0 unspecified atom stereocenters. The summed E-state index contributed by atoms with van der Waals surface area (Å²) in [6.07, 6.45) is 1.88. The van der Waals surface area contributed by atoms with Gasteiger partial charge in [-0.3, -0.25) is 0 Å². The molecule has 0 amide bonds. The molecule has 0 aliphatic carbocycles. The molecule has 2 heterocycles. The summed E-state index contributed by atoms with van der Waals surface area (Å²) in [6.45, 7) is 3.78. The summed E-state index contributed by atoms with van der Waals surface area (Å²) >= 11 is 0. The number of aromatic nitrogens is 5. The molecule has 1 aromatic carbocycles. The minimum atomic E-state index is 0.450. The van der Waals surface area contributed by atoms with Crippen molar-refractivity contribution in [1.29, 1.82) is 0 Å². The summed E-state index contributed by atoms with van der Waals surface area (Å²) in [5, 5.41) is 15.5. The second-order valence-electron chi connectivity index (χ2n) is 4.41. The van der Waals surface area contributed by atoms with Gasteiger partial charge in [0.25, 0.3) is 0 Å². The van der Waals surface area contributed by atoms with Crippen molar-refractivity contribution in [1.82, 2.24) is 25.0 Å². The van der Waals surface area contributed by atoms with Crippen molar-refractivity contribution >= 4 is 11.8 Å². The van der Waals surface area contributed by atoms with Crippen molar-refractivity contribution in [2.45, 2.75) is 13.8 Å². The Balaban J connectivity index is 1.82.